The van der Waals surface area contributed by atoms with Crippen molar-refractivity contribution in [2.75, 3.05) is 23.0 Å². The van der Waals surface area contributed by atoms with Crippen LogP contribution in [-0.2, 0) is 4.79 Å². The summed E-state index contributed by atoms with van der Waals surface area (Å²) < 4.78 is 0. The van der Waals surface area contributed by atoms with Gasteiger partial charge in [0.15, 0.2) is 0 Å². The van der Waals surface area contributed by atoms with Crippen molar-refractivity contribution in [1.29, 1.82) is 0 Å². The molecule has 0 N–H and O–H groups in total. The maximum atomic E-state index is 12.9. The van der Waals surface area contributed by atoms with Gasteiger partial charge in [0, 0.05) is 18.8 Å². The Hall–Kier alpha value is -3.41. The van der Waals surface area contributed by atoms with Crippen LogP contribution in [-0.4, -0.2) is 30.7 Å². The molecule has 30 heavy (non-hydrogen) atoms. The van der Waals surface area contributed by atoms with E-state index >= 15 is 0 Å². The second-order valence-corrected chi connectivity index (χ2v) is 7.28. The van der Waals surface area contributed by atoms with Gasteiger partial charge >= 0.3 is 0 Å². The highest BCUT2D eigenvalue weighted by molar-refractivity contribution is 6.32. The number of amides is 1. The molecule has 2 aromatic carbocycles. The average Bonchev–Trinajstić information content (AvgIpc) is 3.02. The van der Waals surface area contributed by atoms with Gasteiger partial charge in [0.2, 0.25) is 0 Å². The molecule has 1 aliphatic rings. The lowest BCUT2D eigenvalue weighted by Gasteiger charge is -2.23. The van der Waals surface area contributed by atoms with Crippen LogP contribution in [0.15, 0.2) is 59.2 Å². The van der Waals surface area contributed by atoms with Crippen molar-refractivity contribution in [3.63, 3.8) is 0 Å². The van der Waals surface area contributed by atoms with Gasteiger partial charge < -0.3 is 14.8 Å². The SMILES string of the molecule is CCCN(CCC)c1ccc(/C=C2\C(=O)N(c3cccc(C(=O)[O-])c3)N=C2C)cc1. The molecule has 1 amide bonds. The fraction of sp³-hybridized carbons (Fsp3) is 0.292. The van der Waals surface area contributed by atoms with Crippen molar-refractivity contribution in [2.24, 2.45) is 5.10 Å². The predicted molar refractivity (Wildman–Crippen MR) is 119 cm³/mol. The van der Waals surface area contributed by atoms with Gasteiger partial charge in [-0.25, -0.2) is 0 Å². The second kappa shape index (κ2) is 9.39. The third kappa shape index (κ3) is 4.59. The summed E-state index contributed by atoms with van der Waals surface area (Å²) in [6.45, 7) is 8.13. The minimum absolute atomic E-state index is 0.00452. The number of nitrogens with zero attached hydrogens (tertiary/aromatic N) is 3. The van der Waals surface area contributed by atoms with E-state index in [0.29, 0.717) is 17.0 Å². The first-order chi connectivity index (χ1) is 14.4. The van der Waals surface area contributed by atoms with Gasteiger partial charge in [0.05, 0.1) is 22.9 Å². The van der Waals surface area contributed by atoms with Crippen LogP contribution in [0.25, 0.3) is 6.08 Å². The number of aromatic carboxylic acids is 1. The molecule has 0 spiro atoms. The van der Waals surface area contributed by atoms with Crippen LogP contribution in [0.4, 0.5) is 11.4 Å². The van der Waals surface area contributed by atoms with E-state index in [0.717, 1.165) is 31.5 Å². The standard InChI is InChI=1S/C24H27N3O3/c1-4-13-26(14-5-2)20-11-9-18(10-12-20)15-22-17(3)25-27(23(22)28)21-8-6-7-19(16-21)24(29)30/h6-12,15-16H,4-5,13-14H2,1-3H3,(H,29,30)/p-1/b22-15-. The van der Waals surface area contributed by atoms with E-state index in [1.165, 1.54) is 22.8 Å². The number of hydrogen-bond acceptors (Lipinski definition) is 5. The topological polar surface area (TPSA) is 76.0 Å². The molecule has 0 aliphatic carbocycles. The molecule has 2 aromatic rings. The van der Waals surface area contributed by atoms with Gasteiger partial charge in [0.25, 0.3) is 5.91 Å². The number of carboxylic acids is 1. The number of anilines is 2. The minimum Gasteiger partial charge on any atom is -0.545 e. The van der Waals surface area contributed by atoms with E-state index < -0.39 is 5.97 Å². The number of carbonyl (C=O) groups is 2. The van der Waals surface area contributed by atoms with Crippen molar-refractivity contribution >= 4 is 35.0 Å². The van der Waals surface area contributed by atoms with Gasteiger partial charge in [-0.1, -0.05) is 38.1 Å². The molecule has 0 atom stereocenters. The first-order valence-corrected chi connectivity index (χ1v) is 10.2. The fourth-order valence-corrected chi connectivity index (χ4v) is 3.48. The zero-order valence-corrected chi connectivity index (χ0v) is 17.6. The largest absolute Gasteiger partial charge is 0.545 e. The third-order valence-corrected chi connectivity index (χ3v) is 4.95. The summed E-state index contributed by atoms with van der Waals surface area (Å²) in [5.74, 6) is -1.58. The van der Waals surface area contributed by atoms with Crippen LogP contribution in [0.2, 0.25) is 0 Å². The van der Waals surface area contributed by atoms with Crippen molar-refractivity contribution < 1.29 is 14.7 Å². The number of carbonyl (C=O) groups excluding carboxylic acids is 2. The van der Waals surface area contributed by atoms with Crippen molar-refractivity contribution in [3.8, 4) is 0 Å². The molecule has 1 heterocycles. The summed E-state index contributed by atoms with van der Waals surface area (Å²) in [5, 5.41) is 16.7. The molecule has 1 aliphatic heterocycles. The molecule has 156 valence electrons. The zero-order valence-electron chi connectivity index (χ0n) is 17.6. The number of hydrazone groups is 1. The third-order valence-electron chi connectivity index (χ3n) is 4.95. The van der Waals surface area contributed by atoms with Gasteiger partial charge in [-0.15, -0.1) is 0 Å². The lowest BCUT2D eigenvalue weighted by molar-refractivity contribution is -0.255. The molecule has 6 nitrogen and oxygen atoms in total. The second-order valence-electron chi connectivity index (χ2n) is 7.28. The molecule has 3 rings (SSSR count). The number of benzene rings is 2. The highest BCUT2D eigenvalue weighted by Gasteiger charge is 2.28. The predicted octanol–water partition coefficient (Wildman–Crippen LogP) is 3.48. The quantitative estimate of drug-likeness (QED) is 0.631. The van der Waals surface area contributed by atoms with Crippen molar-refractivity contribution in [3.05, 3.63) is 65.2 Å². The summed E-state index contributed by atoms with van der Waals surface area (Å²) in [6.07, 6.45) is 3.99. The van der Waals surface area contributed by atoms with Crippen LogP contribution in [0, 0.1) is 0 Å². The summed E-state index contributed by atoms with van der Waals surface area (Å²) in [4.78, 5) is 26.4. The Kier molecular flexibility index (Phi) is 6.67. The monoisotopic (exact) mass is 404 g/mol. The molecule has 0 fully saturated rings. The smallest absolute Gasteiger partial charge is 0.280 e. The first kappa shape index (κ1) is 21.3. The van der Waals surface area contributed by atoms with Gasteiger partial charge in [-0.05, 0) is 61.2 Å². The summed E-state index contributed by atoms with van der Waals surface area (Å²) in [6, 6.07) is 14.2. The number of rotatable bonds is 8. The van der Waals surface area contributed by atoms with Crippen molar-refractivity contribution in [2.45, 2.75) is 33.6 Å². The molecule has 0 saturated carbocycles. The Morgan fingerprint density at radius 1 is 1.10 bits per heavy atom. The summed E-state index contributed by atoms with van der Waals surface area (Å²) in [7, 11) is 0. The van der Waals surface area contributed by atoms with E-state index in [1.807, 2.05) is 18.2 Å². The Morgan fingerprint density at radius 2 is 1.77 bits per heavy atom. The average molecular weight is 404 g/mol. The van der Waals surface area contributed by atoms with Gasteiger partial charge in [0.1, 0.15) is 0 Å². The van der Waals surface area contributed by atoms with Gasteiger partial charge in [-0.2, -0.15) is 10.1 Å². The van der Waals surface area contributed by atoms with Crippen LogP contribution in [0.1, 0.15) is 49.5 Å². The normalized spacial score (nSPS) is 14.9. The van der Waals surface area contributed by atoms with E-state index in [1.54, 1.807) is 19.1 Å². The summed E-state index contributed by atoms with van der Waals surface area (Å²) in [5.41, 5.74) is 3.56. The molecular weight excluding hydrogens is 378 g/mol. The molecule has 0 unspecified atom stereocenters. The molecule has 6 heteroatoms. The Labute approximate surface area is 177 Å². The molecule has 0 bridgehead atoms. The Bertz CT molecular complexity index is 987. The van der Waals surface area contributed by atoms with Crippen LogP contribution in [0.3, 0.4) is 0 Å². The van der Waals surface area contributed by atoms with Crippen LogP contribution in [0.5, 0.6) is 0 Å². The fourth-order valence-electron chi connectivity index (χ4n) is 3.48. The molecule has 0 aromatic heterocycles. The van der Waals surface area contributed by atoms with E-state index in [4.69, 9.17) is 0 Å². The number of hydrogen-bond donors (Lipinski definition) is 0. The Morgan fingerprint density at radius 3 is 2.37 bits per heavy atom. The van der Waals surface area contributed by atoms with E-state index in [9.17, 15) is 14.7 Å². The van der Waals surface area contributed by atoms with Crippen LogP contribution >= 0.6 is 0 Å². The highest BCUT2D eigenvalue weighted by Crippen LogP contribution is 2.26. The summed E-state index contributed by atoms with van der Waals surface area (Å²) >= 11 is 0. The lowest BCUT2D eigenvalue weighted by atomic mass is 10.1. The molecule has 0 saturated heterocycles. The highest BCUT2D eigenvalue weighted by atomic mass is 16.4. The van der Waals surface area contributed by atoms with E-state index in [2.05, 4.69) is 36.0 Å². The maximum absolute atomic E-state index is 12.9. The maximum Gasteiger partial charge on any atom is 0.280 e. The zero-order chi connectivity index (χ0) is 21.7. The first-order valence-electron chi connectivity index (χ1n) is 10.2. The molecule has 0 radical (unpaired) electrons. The van der Waals surface area contributed by atoms with E-state index in [-0.39, 0.29) is 11.5 Å². The van der Waals surface area contributed by atoms with Crippen molar-refractivity contribution in [1.82, 2.24) is 0 Å². The molecular formula is C24H26N3O3-. The van der Waals surface area contributed by atoms with Crippen LogP contribution < -0.4 is 15.0 Å². The minimum atomic E-state index is -1.29. The van der Waals surface area contributed by atoms with Gasteiger partial charge in [-0.3, -0.25) is 4.79 Å². The lowest BCUT2D eigenvalue weighted by Crippen LogP contribution is -2.24. The number of carboxylic acid groups (broad SMARTS) is 1. The Balaban J connectivity index is 1.83.